The molecule has 8 nitrogen and oxygen atoms in total. The second-order valence-electron chi connectivity index (χ2n) is 5.01. The molecule has 1 N–H and O–H groups in total. The highest BCUT2D eigenvalue weighted by atomic mass is 16.5. The van der Waals surface area contributed by atoms with Gasteiger partial charge in [0, 0.05) is 38.8 Å². The first-order valence-corrected chi connectivity index (χ1v) is 7.08. The second-order valence-corrected chi connectivity index (χ2v) is 5.01. The van der Waals surface area contributed by atoms with Crippen LogP contribution in [0.1, 0.15) is 29.0 Å². The number of aromatic amines is 1. The zero-order valence-corrected chi connectivity index (χ0v) is 11.9. The monoisotopic (exact) mass is 290 g/mol. The number of hydrogen-bond donors (Lipinski definition) is 1. The van der Waals surface area contributed by atoms with Gasteiger partial charge in [0.05, 0.1) is 18.3 Å². The lowest BCUT2D eigenvalue weighted by molar-refractivity contribution is 0.0624. The molecule has 1 aliphatic rings. The van der Waals surface area contributed by atoms with Crippen LogP contribution in [0.3, 0.4) is 0 Å². The molecule has 0 saturated carbocycles. The van der Waals surface area contributed by atoms with Gasteiger partial charge < -0.3 is 9.42 Å². The Kier molecular flexibility index (Phi) is 3.96. The lowest BCUT2D eigenvalue weighted by Gasteiger charge is -2.33. The van der Waals surface area contributed by atoms with Crippen LogP contribution in [-0.4, -0.2) is 62.2 Å². The molecule has 0 aliphatic carbocycles. The maximum atomic E-state index is 12.2. The summed E-state index contributed by atoms with van der Waals surface area (Å²) in [5.74, 6) is 1.40. The Labute approximate surface area is 122 Å². The van der Waals surface area contributed by atoms with Gasteiger partial charge in [-0.25, -0.2) is 0 Å². The first kappa shape index (κ1) is 13.7. The lowest BCUT2D eigenvalue weighted by atomic mass is 10.2. The predicted octanol–water partition coefficient (Wildman–Crippen LogP) is 0.313. The summed E-state index contributed by atoms with van der Waals surface area (Å²) in [6.45, 7) is 5.65. The van der Waals surface area contributed by atoms with Gasteiger partial charge in [-0.1, -0.05) is 12.1 Å². The number of nitrogens with one attached hydrogen (secondary N) is 1. The van der Waals surface area contributed by atoms with E-state index in [0.29, 0.717) is 36.9 Å². The average Bonchev–Trinajstić information content (AvgIpc) is 3.19. The van der Waals surface area contributed by atoms with Gasteiger partial charge in [-0.05, 0) is 0 Å². The highest BCUT2D eigenvalue weighted by Gasteiger charge is 2.23. The number of carbonyl (C=O) groups is 1. The van der Waals surface area contributed by atoms with Crippen LogP contribution < -0.4 is 0 Å². The minimum absolute atomic E-state index is 0.0243. The number of aryl methyl sites for hydroxylation is 1. The van der Waals surface area contributed by atoms with Gasteiger partial charge in [0.15, 0.2) is 5.82 Å². The standard InChI is InChI=1S/C13H18N6O2/c1-2-12-16-11(17-21-12)9-18-3-5-19(6-4-18)13(20)10-7-14-15-8-10/h7-8H,2-6,9H2,1H3,(H,14,15). The average molecular weight is 290 g/mol. The minimum atomic E-state index is 0.0243. The zero-order valence-electron chi connectivity index (χ0n) is 11.9. The molecule has 8 heteroatoms. The number of rotatable bonds is 4. The van der Waals surface area contributed by atoms with Crippen LogP contribution in [0.5, 0.6) is 0 Å². The Morgan fingerprint density at radius 2 is 2.19 bits per heavy atom. The zero-order chi connectivity index (χ0) is 14.7. The van der Waals surface area contributed by atoms with E-state index >= 15 is 0 Å². The third-order valence-electron chi connectivity index (χ3n) is 3.58. The summed E-state index contributed by atoms with van der Waals surface area (Å²) in [4.78, 5) is 20.5. The Balaban J connectivity index is 1.52. The summed E-state index contributed by atoms with van der Waals surface area (Å²) in [7, 11) is 0. The van der Waals surface area contributed by atoms with Crippen LogP contribution >= 0.6 is 0 Å². The summed E-state index contributed by atoms with van der Waals surface area (Å²) in [6, 6.07) is 0. The highest BCUT2D eigenvalue weighted by Crippen LogP contribution is 2.10. The Morgan fingerprint density at radius 1 is 1.38 bits per heavy atom. The number of piperazine rings is 1. The number of carbonyl (C=O) groups excluding carboxylic acids is 1. The van der Waals surface area contributed by atoms with Crippen molar-refractivity contribution in [1.29, 1.82) is 0 Å². The fraction of sp³-hybridized carbons (Fsp3) is 0.538. The summed E-state index contributed by atoms with van der Waals surface area (Å²) in [5.41, 5.74) is 0.606. The maximum Gasteiger partial charge on any atom is 0.257 e. The van der Waals surface area contributed by atoms with E-state index in [0.717, 1.165) is 19.5 Å². The van der Waals surface area contributed by atoms with E-state index in [-0.39, 0.29) is 5.91 Å². The lowest BCUT2D eigenvalue weighted by Crippen LogP contribution is -2.48. The van der Waals surface area contributed by atoms with Gasteiger partial charge in [0.2, 0.25) is 5.89 Å². The van der Waals surface area contributed by atoms with Crippen molar-refractivity contribution in [2.75, 3.05) is 26.2 Å². The predicted molar refractivity (Wildman–Crippen MR) is 73.4 cm³/mol. The van der Waals surface area contributed by atoms with Gasteiger partial charge in [0.25, 0.3) is 5.91 Å². The number of amides is 1. The van der Waals surface area contributed by atoms with Crippen molar-refractivity contribution in [3.8, 4) is 0 Å². The van der Waals surface area contributed by atoms with Crippen LogP contribution in [0.25, 0.3) is 0 Å². The van der Waals surface area contributed by atoms with Gasteiger partial charge in [-0.3, -0.25) is 14.8 Å². The van der Waals surface area contributed by atoms with Crippen molar-refractivity contribution in [3.63, 3.8) is 0 Å². The van der Waals surface area contributed by atoms with Crippen molar-refractivity contribution in [1.82, 2.24) is 30.1 Å². The van der Waals surface area contributed by atoms with Gasteiger partial charge in [-0.15, -0.1) is 0 Å². The van der Waals surface area contributed by atoms with E-state index in [2.05, 4.69) is 25.2 Å². The molecule has 0 radical (unpaired) electrons. The van der Waals surface area contributed by atoms with Crippen LogP contribution in [0.15, 0.2) is 16.9 Å². The van der Waals surface area contributed by atoms with Crippen molar-refractivity contribution in [2.24, 2.45) is 0 Å². The molecule has 1 aliphatic heterocycles. The molecule has 0 bridgehead atoms. The van der Waals surface area contributed by atoms with E-state index in [9.17, 15) is 4.79 Å². The molecule has 0 spiro atoms. The van der Waals surface area contributed by atoms with Crippen molar-refractivity contribution < 1.29 is 9.32 Å². The van der Waals surface area contributed by atoms with Crippen LogP contribution in [-0.2, 0) is 13.0 Å². The number of aromatic nitrogens is 4. The maximum absolute atomic E-state index is 12.2. The Hall–Kier alpha value is -2.22. The minimum Gasteiger partial charge on any atom is -0.339 e. The first-order chi connectivity index (χ1) is 10.3. The van der Waals surface area contributed by atoms with Crippen molar-refractivity contribution in [2.45, 2.75) is 19.9 Å². The SMILES string of the molecule is CCc1nc(CN2CCN(C(=O)c3cn[nH]c3)CC2)no1. The molecule has 3 rings (SSSR count). The summed E-state index contributed by atoms with van der Waals surface area (Å²) >= 11 is 0. The fourth-order valence-corrected chi connectivity index (χ4v) is 2.36. The molecule has 0 atom stereocenters. The number of H-pyrrole nitrogens is 1. The van der Waals surface area contributed by atoms with E-state index < -0.39 is 0 Å². The van der Waals surface area contributed by atoms with Gasteiger partial charge in [0.1, 0.15) is 0 Å². The highest BCUT2D eigenvalue weighted by molar-refractivity contribution is 5.93. The molecular formula is C13H18N6O2. The van der Waals surface area contributed by atoms with Crippen LogP contribution in [0.2, 0.25) is 0 Å². The molecule has 1 amide bonds. The molecule has 1 fully saturated rings. The molecule has 21 heavy (non-hydrogen) atoms. The summed E-state index contributed by atoms with van der Waals surface area (Å²) in [6.07, 6.45) is 3.93. The molecule has 0 aromatic carbocycles. The molecule has 3 heterocycles. The summed E-state index contributed by atoms with van der Waals surface area (Å²) < 4.78 is 5.10. The second kappa shape index (κ2) is 6.04. The van der Waals surface area contributed by atoms with Crippen LogP contribution in [0, 0.1) is 0 Å². The Morgan fingerprint density at radius 3 is 2.81 bits per heavy atom. The number of hydrogen-bond acceptors (Lipinski definition) is 6. The molecular weight excluding hydrogens is 272 g/mol. The van der Waals surface area contributed by atoms with E-state index in [1.54, 1.807) is 12.4 Å². The third kappa shape index (κ3) is 3.10. The number of nitrogens with zero attached hydrogens (tertiary/aromatic N) is 5. The molecule has 112 valence electrons. The molecule has 2 aromatic rings. The fourth-order valence-electron chi connectivity index (χ4n) is 2.36. The van der Waals surface area contributed by atoms with Crippen molar-refractivity contribution >= 4 is 5.91 Å². The molecule has 2 aromatic heterocycles. The van der Waals surface area contributed by atoms with Crippen LogP contribution in [0.4, 0.5) is 0 Å². The third-order valence-corrected chi connectivity index (χ3v) is 3.58. The topological polar surface area (TPSA) is 91.2 Å². The molecule has 1 saturated heterocycles. The quantitative estimate of drug-likeness (QED) is 0.871. The first-order valence-electron chi connectivity index (χ1n) is 7.08. The van der Waals surface area contributed by atoms with E-state index in [1.165, 1.54) is 0 Å². The van der Waals surface area contributed by atoms with E-state index in [4.69, 9.17) is 4.52 Å². The molecule has 0 unspecified atom stereocenters. The normalized spacial score (nSPS) is 16.3. The van der Waals surface area contributed by atoms with Gasteiger partial charge in [-0.2, -0.15) is 10.1 Å². The van der Waals surface area contributed by atoms with Gasteiger partial charge >= 0.3 is 0 Å². The smallest absolute Gasteiger partial charge is 0.257 e. The summed E-state index contributed by atoms with van der Waals surface area (Å²) in [5, 5.41) is 10.4. The largest absolute Gasteiger partial charge is 0.339 e. The van der Waals surface area contributed by atoms with Crippen molar-refractivity contribution in [3.05, 3.63) is 29.7 Å². The Bertz CT molecular complexity index is 586. The van der Waals surface area contributed by atoms with E-state index in [1.807, 2.05) is 11.8 Å².